The molecule has 3 nitrogen and oxygen atoms in total. The van der Waals surface area contributed by atoms with Crippen molar-refractivity contribution in [1.29, 1.82) is 0 Å². The normalized spacial score (nSPS) is 4.00. The van der Waals surface area contributed by atoms with Gasteiger partial charge >= 0.3 is 43.9 Å². The molecule has 6 heavy (non-hydrogen) atoms. The van der Waals surface area contributed by atoms with Gasteiger partial charge in [0.1, 0.15) is 0 Å². The van der Waals surface area contributed by atoms with E-state index >= 15 is 0 Å². The van der Waals surface area contributed by atoms with Gasteiger partial charge < -0.3 is 10.2 Å². The molecule has 0 aromatic carbocycles. The largest absolute Gasteiger partial charge is 0 e. The van der Waals surface area contributed by atoms with Gasteiger partial charge in [-0.25, -0.2) is 4.79 Å². The molecule has 0 spiro atoms. The third-order valence-corrected chi connectivity index (χ3v) is 0. The summed E-state index contributed by atoms with van der Waals surface area (Å²) in [6.45, 7) is 0. The Morgan fingerprint density at radius 3 is 1.33 bits per heavy atom. The van der Waals surface area contributed by atoms with Crippen LogP contribution in [-0.2, 0) is 0 Å². The molecule has 0 aliphatic rings. The molecule has 0 radical (unpaired) electrons. The van der Waals surface area contributed by atoms with Gasteiger partial charge in [-0.3, -0.25) is 0 Å². The van der Waals surface area contributed by atoms with E-state index in [1.54, 1.807) is 0 Å². The third-order valence-electron chi connectivity index (χ3n) is 0. The molecule has 0 atom stereocenters. The van der Waals surface area contributed by atoms with Crippen LogP contribution in [0.15, 0.2) is 0 Å². The van der Waals surface area contributed by atoms with Crippen molar-refractivity contribution < 1.29 is 54.9 Å². The monoisotopic (exact) mass is 262 g/mol. The Kier molecular flexibility index (Phi) is 26.0. The number of hydrogen-bond acceptors (Lipinski definition) is 1. The van der Waals surface area contributed by atoms with E-state index in [1.807, 2.05) is 0 Å². The van der Waals surface area contributed by atoms with Crippen LogP contribution in [0, 0.1) is 39.9 Å². The van der Waals surface area contributed by atoms with Crippen LogP contribution < -0.4 is 0 Å². The molecule has 2 N–H and O–H groups in total. The third kappa shape index (κ3) is 40.1. The summed E-state index contributed by atoms with van der Waals surface area (Å²) in [6.07, 6.45) is -1.83. The van der Waals surface area contributed by atoms with Crippen molar-refractivity contribution >= 4 is 43.9 Å². The molecular weight excluding hydrogens is 257 g/mol. The summed E-state index contributed by atoms with van der Waals surface area (Å²) in [5, 5.41) is 13.9. The van der Waals surface area contributed by atoms with E-state index in [4.69, 9.17) is 15.0 Å². The Labute approximate surface area is 96.8 Å². The van der Waals surface area contributed by atoms with E-state index in [1.165, 1.54) is 0 Å². The predicted molar refractivity (Wildman–Crippen MR) is 19.2 cm³/mol. The summed E-state index contributed by atoms with van der Waals surface area (Å²) in [5.41, 5.74) is 0. The van der Waals surface area contributed by atoms with Gasteiger partial charge in [0.05, 0.1) is 0 Å². The zero-order valence-electron chi connectivity index (χ0n) is 2.16. The minimum atomic E-state index is -1.83. The molecule has 0 aliphatic carbocycles. The number of carbonyl (C=O) groups is 1. The van der Waals surface area contributed by atoms with E-state index in [9.17, 15) is 0 Å². The molecule has 0 saturated carbocycles. The van der Waals surface area contributed by atoms with E-state index in [-0.39, 0.29) is 77.7 Å². The second kappa shape index (κ2) is 9.97. The van der Waals surface area contributed by atoms with Gasteiger partial charge in [-0.1, -0.05) is 0 Å². The van der Waals surface area contributed by atoms with Crippen molar-refractivity contribution in [3.63, 3.8) is 0 Å². The topological polar surface area (TPSA) is 57.5 Å². The second-order valence-electron chi connectivity index (χ2n) is 0.283. The van der Waals surface area contributed by atoms with Crippen molar-refractivity contribution in [2.45, 2.75) is 0 Å². The molecule has 0 rings (SSSR count). The van der Waals surface area contributed by atoms with Gasteiger partial charge in [0.2, 0.25) is 0 Å². The van der Waals surface area contributed by atoms with Crippen LogP contribution in [0.1, 0.15) is 0 Å². The molecule has 5 heteroatoms. The predicted octanol–water partition coefficient (Wildman–Crippen LogP) is -0.694. The van der Waals surface area contributed by atoms with Crippen molar-refractivity contribution in [3.05, 3.63) is 0 Å². The van der Waals surface area contributed by atoms with Crippen LogP contribution >= 0.6 is 0 Å². The summed E-state index contributed by atoms with van der Waals surface area (Å²) in [5.74, 6) is 0. The van der Waals surface area contributed by atoms with E-state index in [0.717, 1.165) is 0 Å². The Morgan fingerprint density at radius 2 is 1.33 bits per heavy atom. The number of hydrogen-bond donors (Lipinski definition) is 2. The Balaban J connectivity index is -0.0000000450. The molecule has 0 unspecified atom stereocenters. The average molecular weight is 261 g/mol. The fraction of sp³-hybridized carbons (Fsp3) is 0. The van der Waals surface area contributed by atoms with Crippen LogP contribution in [0.5, 0.6) is 0 Å². The van der Waals surface area contributed by atoms with Gasteiger partial charge in [-0.2, -0.15) is 0 Å². The molecule has 0 aromatic rings. The summed E-state index contributed by atoms with van der Waals surface area (Å²) < 4.78 is 0. The quantitative estimate of drug-likeness (QED) is 0.567. The Bertz CT molecular complexity index is 33.8. The molecule has 0 fully saturated rings. The molecule has 36 valence electrons. The standard InChI is InChI=1S/CH2O3.Ca.Gd.2H/c2-1(3)4;;;;/h(H2,2,3,4);;;;. The average Bonchev–Trinajstić information content (AvgIpc) is 0.811. The molecule has 0 heterocycles. The maximum atomic E-state index is 8.56. The summed E-state index contributed by atoms with van der Waals surface area (Å²) >= 11 is 0. The fourth-order valence-electron chi connectivity index (χ4n) is 0. The minimum Gasteiger partial charge on any atom is 0 e. The summed E-state index contributed by atoms with van der Waals surface area (Å²) in [4.78, 5) is 8.56. The maximum absolute atomic E-state index is 8.56. The van der Waals surface area contributed by atoms with Crippen LogP contribution in [0.3, 0.4) is 0 Å². The molecule has 0 bridgehead atoms. The van der Waals surface area contributed by atoms with Gasteiger partial charge in [0.25, 0.3) is 0 Å². The van der Waals surface area contributed by atoms with Crippen molar-refractivity contribution in [2.75, 3.05) is 0 Å². The number of carboxylic acid groups (broad SMARTS) is 2. The van der Waals surface area contributed by atoms with Crippen LogP contribution in [0.25, 0.3) is 0 Å². The molecule has 0 saturated heterocycles. The minimum absolute atomic E-state index is 0. The smallest absolute Gasteiger partial charge is 0 e. The van der Waals surface area contributed by atoms with E-state index < -0.39 is 6.16 Å². The molecular formula is CH4CaGdO3. The number of rotatable bonds is 0. The van der Waals surface area contributed by atoms with Crippen molar-refractivity contribution in [1.82, 2.24) is 0 Å². The van der Waals surface area contributed by atoms with E-state index in [2.05, 4.69) is 0 Å². The van der Waals surface area contributed by atoms with Crippen LogP contribution in [-0.4, -0.2) is 54.1 Å². The fourth-order valence-corrected chi connectivity index (χ4v) is 0. The first-order chi connectivity index (χ1) is 1.73. The van der Waals surface area contributed by atoms with Gasteiger partial charge in [0, 0.05) is 39.9 Å². The Morgan fingerprint density at radius 1 is 1.33 bits per heavy atom. The first-order valence-electron chi connectivity index (χ1n) is 0.651. The van der Waals surface area contributed by atoms with Crippen molar-refractivity contribution in [2.24, 2.45) is 0 Å². The molecule has 0 amide bonds. The zero-order valence-corrected chi connectivity index (χ0v) is 4.42. The molecule has 0 aromatic heterocycles. The van der Waals surface area contributed by atoms with Gasteiger partial charge in [-0.15, -0.1) is 0 Å². The van der Waals surface area contributed by atoms with Crippen molar-refractivity contribution in [3.8, 4) is 0 Å². The van der Waals surface area contributed by atoms with Gasteiger partial charge in [-0.05, 0) is 0 Å². The summed E-state index contributed by atoms with van der Waals surface area (Å²) in [7, 11) is 0. The zero-order chi connectivity index (χ0) is 3.58. The van der Waals surface area contributed by atoms with Gasteiger partial charge in [0.15, 0.2) is 0 Å². The second-order valence-corrected chi connectivity index (χ2v) is 0.283. The SMILES string of the molecule is O=C(O)O.[CaH2].[Gd]. The van der Waals surface area contributed by atoms with Crippen LogP contribution in [0.2, 0.25) is 0 Å². The first kappa shape index (κ1) is 15.7. The molecule has 0 aliphatic heterocycles. The van der Waals surface area contributed by atoms with Crippen LogP contribution in [0.4, 0.5) is 4.79 Å². The first-order valence-corrected chi connectivity index (χ1v) is 0.651. The Hall–Kier alpha value is 1.85. The maximum Gasteiger partial charge on any atom is 0 e. The summed E-state index contributed by atoms with van der Waals surface area (Å²) in [6, 6.07) is 0. The van der Waals surface area contributed by atoms with E-state index in [0.29, 0.717) is 0 Å².